The zero-order valence-corrected chi connectivity index (χ0v) is 17.8. The number of rotatable bonds is 4. The highest BCUT2D eigenvalue weighted by atomic mass is 32.2. The van der Waals surface area contributed by atoms with Crippen molar-refractivity contribution >= 4 is 15.9 Å². The van der Waals surface area contributed by atoms with Crippen molar-refractivity contribution in [1.82, 2.24) is 19.2 Å². The lowest BCUT2D eigenvalue weighted by molar-refractivity contribution is -0.131. The lowest BCUT2D eigenvalue weighted by atomic mass is 9.87. The minimum Gasteiger partial charge on any atom is -0.342 e. The fourth-order valence-corrected chi connectivity index (χ4v) is 5.67. The molecule has 8 nitrogen and oxygen atoms in total. The van der Waals surface area contributed by atoms with E-state index in [2.05, 4.69) is 9.97 Å². The van der Waals surface area contributed by atoms with Crippen LogP contribution in [0.1, 0.15) is 67.9 Å². The number of aromatic nitrogens is 2. The second kappa shape index (κ2) is 8.18. The van der Waals surface area contributed by atoms with Gasteiger partial charge in [0.15, 0.2) is 0 Å². The van der Waals surface area contributed by atoms with Crippen molar-refractivity contribution in [3.63, 3.8) is 0 Å². The van der Waals surface area contributed by atoms with Crippen LogP contribution < -0.4 is 5.56 Å². The summed E-state index contributed by atoms with van der Waals surface area (Å²) in [6, 6.07) is 0. The molecule has 1 amide bonds. The lowest BCUT2D eigenvalue weighted by Crippen LogP contribution is -2.39. The Morgan fingerprint density at radius 3 is 2.66 bits per heavy atom. The second-order valence-corrected chi connectivity index (χ2v) is 10.7. The highest BCUT2D eigenvalue weighted by Gasteiger charge is 2.32. The van der Waals surface area contributed by atoms with E-state index >= 15 is 0 Å². The Bertz CT molecular complexity index is 936. The van der Waals surface area contributed by atoms with Gasteiger partial charge in [0.25, 0.3) is 5.56 Å². The number of hydrogen-bond acceptors (Lipinski definition) is 5. The molecule has 160 valence electrons. The van der Waals surface area contributed by atoms with Crippen molar-refractivity contribution in [3.8, 4) is 0 Å². The Kier molecular flexibility index (Phi) is 5.79. The van der Waals surface area contributed by atoms with Crippen LogP contribution in [0.25, 0.3) is 0 Å². The van der Waals surface area contributed by atoms with Crippen LogP contribution in [0.5, 0.6) is 0 Å². The molecule has 1 N–H and O–H groups in total. The first-order valence-electron chi connectivity index (χ1n) is 10.7. The van der Waals surface area contributed by atoms with E-state index in [1.165, 1.54) is 29.8 Å². The molecule has 0 radical (unpaired) electrons. The number of amides is 1. The Balaban J connectivity index is 1.45. The Hall–Kier alpha value is -1.74. The number of aromatic amines is 1. The van der Waals surface area contributed by atoms with E-state index < -0.39 is 10.0 Å². The smallest absolute Gasteiger partial charge is 0.254 e. The molecule has 1 atom stereocenters. The third-order valence-electron chi connectivity index (χ3n) is 6.64. The van der Waals surface area contributed by atoms with Crippen LogP contribution in [0.3, 0.4) is 0 Å². The number of fused-ring (bicyclic) bond motifs is 1. The Morgan fingerprint density at radius 2 is 1.93 bits per heavy atom. The predicted octanol–water partition coefficient (Wildman–Crippen LogP) is 1.37. The van der Waals surface area contributed by atoms with Gasteiger partial charge in [-0.05, 0) is 31.6 Å². The van der Waals surface area contributed by atoms with E-state index in [0.29, 0.717) is 55.5 Å². The van der Waals surface area contributed by atoms with Crippen LogP contribution in [0.15, 0.2) is 4.79 Å². The fraction of sp³-hybridized carbons (Fsp3) is 0.750. The van der Waals surface area contributed by atoms with E-state index in [-0.39, 0.29) is 23.9 Å². The molecule has 4 rings (SSSR count). The highest BCUT2D eigenvalue weighted by molar-refractivity contribution is 7.88. The van der Waals surface area contributed by atoms with E-state index in [1.54, 1.807) is 0 Å². The van der Waals surface area contributed by atoms with Gasteiger partial charge in [0.05, 0.1) is 18.5 Å². The van der Waals surface area contributed by atoms with Crippen molar-refractivity contribution in [2.45, 2.75) is 63.8 Å². The summed E-state index contributed by atoms with van der Waals surface area (Å²) in [6.07, 6.45) is 9.00. The summed E-state index contributed by atoms with van der Waals surface area (Å²) in [6.45, 7) is 1.71. The standard InChI is InChI=1S/C20H30N4O4S/c1-29(27,28)24-10-8-16-17(13-24)21-19(22-20(16)26)15-7-9-23(12-15)18(25)11-14-5-3-2-4-6-14/h14-15H,2-13H2,1H3,(H,21,22,26)/t15-/m0/s1. The number of H-pyrrole nitrogens is 1. The number of sulfonamides is 1. The Labute approximate surface area is 171 Å². The molecule has 1 aromatic rings. The molecule has 1 aliphatic carbocycles. The topological polar surface area (TPSA) is 103 Å². The van der Waals surface area contributed by atoms with Gasteiger partial charge in [-0.15, -0.1) is 0 Å². The van der Waals surface area contributed by atoms with E-state index in [1.807, 2.05) is 4.90 Å². The number of likely N-dealkylation sites (tertiary alicyclic amines) is 1. The third-order valence-corrected chi connectivity index (χ3v) is 7.89. The molecule has 2 aliphatic heterocycles. The maximum Gasteiger partial charge on any atom is 0.254 e. The van der Waals surface area contributed by atoms with Crippen LogP contribution in [-0.4, -0.2) is 59.4 Å². The van der Waals surface area contributed by atoms with Gasteiger partial charge in [-0.3, -0.25) is 9.59 Å². The van der Waals surface area contributed by atoms with Crippen LogP contribution in [0.4, 0.5) is 0 Å². The molecular weight excluding hydrogens is 392 g/mol. The number of carbonyl (C=O) groups is 1. The van der Waals surface area contributed by atoms with Crippen molar-refractivity contribution in [1.29, 1.82) is 0 Å². The molecule has 3 heterocycles. The van der Waals surface area contributed by atoms with Crippen LogP contribution in [-0.2, 0) is 27.8 Å². The molecule has 0 unspecified atom stereocenters. The monoisotopic (exact) mass is 422 g/mol. The maximum atomic E-state index is 12.7. The molecule has 0 spiro atoms. The normalized spacial score (nSPS) is 23.9. The van der Waals surface area contributed by atoms with Crippen LogP contribution in [0, 0.1) is 5.92 Å². The SMILES string of the molecule is CS(=O)(=O)N1CCc2c(nc([C@H]3CCN(C(=O)CC4CCCCC4)C3)[nH]c2=O)C1. The average Bonchev–Trinajstić information content (AvgIpc) is 3.18. The quantitative estimate of drug-likeness (QED) is 0.789. The molecule has 0 aromatic carbocycles. The lowest BCUT2D eigenvalue weighted by Gasteiger charge is -2.26. The van der Waals surface area contributed by atoms with Gasteiger partial charge in [-0.25, -0.2) is 13.4 Å². The number of carbonyl (C=O) groups excluding carboxylic acids is 1. The van der Waals surface area contributed by atoms with Gasteiger partial charge in [-0.1, -0.05) is 19.3 Å². The van der Waals surface area contributed by atoms with Gasteiger partial charge in [0, 0.05) is 37.5 Å². The van der Waals surface area contributed by atoms with Crippen molar-refractivity contribution < 1.29 is 13.2 Å². The first kappa shape index (κ1) is 20.5. The molecule has 3 aliphatic rings. The van der Waals surface area contributed by atoms with Gasteiger partial charge < -0.3 is 9.88 Å². The fourth-order valence-electron chi connectivity index (χ4n) is 4.89. The molecule has 1 saturated carbocycles. The molecule has 1 saturated heterocycles. The van der Waals surface area contributed by atoms with Crippen LogP contribution in [0.2, 0.25) is 0 Å². The van der Waals surface area contributed by atoms with Gasteiger partial charge in [-0.2, -0.15) is 4.31 Å². The molecule has 9 heteroatoms. The molecule has 0 bridgehead atoms. The first-order chi connectivity index (χ1) is 13.8. The van der Waals surface area contributed by atoms with Crippen LogP contribution >= 0.6 is 0 Å². The Morgan fingerprint density at radius 1 is 1.17 bits per heavy atom. The second-order valence-electron chi connectivity index (χ2n) is 8.76. The number of nitrogens with one attached hydrogen (secondary N) is 1. The maximum absolute atomic E-state index is 12.7. The van der Waals surface area contributed by atoms with Gasteiger partial charge >= 0.3 is 0 Å². The van der Waals surface area contributed by atoms with E-state index in [9.17, 15) is 18.0 Å². The van der Waals surface area contributed by atoms with Gasteiger partial charge in [0.1, 0.15) is 5.82 Å². The summed E-state index contributed by atoms with van der Waals surface area (Å²) in [5.74, 6) is 1.30. The molecule has 1 aromatic heterocycles. The summed E-state index contributed by atoms with van der Waals surface area (Å²) < 4.78 is 25.1. The zero-order valence-electron chi connectivity index (χ0n) is 17.0. The molecule has 2 fully saturated rings. The van der Waals surface area contributed by atoms with Crippen molar-refractivity contribution in [2.24, 2.45) is 5.92 Å². The predicted molar refractivity (Wildman–Crippen MR) is 109 cm³/mol. The van der Waals surface area contributed by atoms with Crippen molar-refractivity contribution in [2.75, 3.05) is 25.9 Å². The summed E-state index contributed by atoms with van der Waals surface area (Å²) in [5, 5.41) is 0. The zero-order chi connectivity index (χ0) is 20.6. The summed E-state index contributed by atoms with van der Waals surface area (Å²) in [7, 11) is -3.32. The number of nitrogens with zero attached hydrogens (tertiary/aromatic N) is 3. The minimum atomic E-state index is -3.32. The largest absolute Gasteiger partial charge is 0.342 e. The van der Waals surface area contributed by atoms with Gasteiger partial charge in [0.2, 0.25) is 15.9 Å². The first-order valence-corrected chi connectivity index (χ1v) is 12.5. The van der Waals surface area contributed by atoms with E-state index in [0.717, 1.165) is 19.3 Å². The minimum absolute atomic E-state index is 0.00286. The highest BCUT2D eigenvalue weighted by Crippen LogP contribution is 2.30. The summed E-state index contributed by atoms with van der Waals surface area (Å²) in [4.78, 5) is 34.7. The average molecular weight is 423 g/mol. The summed E-state index contributed by atoms with van der Waals surface area (Å²) in [5.41, 5.74) is 0.953. The van der Waals surface area contributed by atoms with E-state index in [4.69, 9.17) is 0 Å². The summed E-state index contributed by atoms with van der Waals surface area (Å²) >= 11 is 0. The molecular formula is C20H30N4O4S. The number of hydrogen-bond donors (Lipinski definition) is 1. The molecule has 29 heavy (non-hydrogen) atoms. The van der Waals surface area contributed by atoms with Crippen molar-refractivity contribution in [3.05, 3.63) is 27.4 Å². The third kappa shape index (κ3) is 4.55.